The summed E-state index contributed by atoms with van der Waals surface area (Å²) in [6.45, 7) is 6.03. The van der Waals surface area contributed by atoms with E-state index in [1.807, 2.05) is 37.4 Å². The minimum atomic E-state index is -9.78. The highest BCUT2D eigenvalue weighted by Gasteiger charge is 2.65. The van der Waals surface area contributed by atoms with E-state index in [2.05, 4.69) is 20.5 Å². The average Bonchev–Trinajstić information content (AvgIpc) is 3.33. The van der Waals surface area contributed by atoms with Gasteiger partial charge in [-0.2, -0.15) is 0 Å². The highest BCUT2D eigenvalue weighted by Crippen LogP contribution is 3.02. The predicted molar refractivity (Wildman–Crippen MR) is 150 cm³/mol. The van der Waals surface area contributed by atoms with E-state index in [1.54, 1.807) is 24.3 Å². The van der Waals surface area contributed by atoms with E-state index in [0.29, 0.717) is 31.7 Å². The quantitative estimate of drug-likeness (QED) is 0.212. The molecule has 0 saturated heterocycles. The van der Waals surface area contributed by atoms with Crippen molar-refractivity contribution < 1.29 is 27.8 Å². The fraction of sp³-hybridized carbons (Fsp3) is 0.370. The van der Waals surface area contributed by atoms with E-state index in [0.717, 1.165) is 34.2 Å². The van der Waals surface area contributed by atoms with Gasteiger partial charge in [0.2, 0.25) is 0 Å². The lowest BCUT2D eigenvalue weighted by atomic mass is 9.95. The Labute approximate surface area is 234 Å². The summed E-state index contributed by atoms with van der Waals surface area (Å²) in [5, 5.41) is 10.9. The van der Waals surface area contributed by atoms with Crippen molar-refractivity contribution >= 4 is 31.5 Å². The van der Waals surface area contributed by atoms with Crippen LogP contribution in [0.25, 0.3) is 16.8 Å². The first-order chi connectivity index (χ1) is 18.9. The van der Waals surface area contributed by atoms with Crippen LogP contribution in [0, 0.1) is 6.92 Å². The van der Waals surface area contributed by atoms with E-state index < -0.39 is 30.2 Å². The van der Waals surface area contributed by atoms with Gasteiger partial charge in [-0.05, 0) is 79.6 Å². The molecule has 3 heterocycles. The summed E-state index contributed by atoms with van der Waals surface area (Å²) >= 11 is 0. The molecule has 0 atom stereocenters. The molecule has 1 fully saturated rings. The third-order valence-corrected chi connectivity index (χ3v) is 10.8. The number of sulfone groups is 1. The van der Waals surface area contributed by atoms with Crippen LogP contribution in [0.5, 0.6) is 0 Å². The zero-order valence-corrected chi connectivity index (χ0v) is 24.2. The maximum atomic E-state index is 13.4. The summed E-state index contributed by atoms with van der Waals surface area (Å²) in [5.74, 6) is 1.04. The molecule has 0 spiro atoms. The molecular weight excluding hydrogens is 585 g/mol. The highest BCUT2D eigenvalue weighted by atomic mass is 32.5. The van der Waals surface area contributed by atoms with Gasteiger partial charge in [-0.25, -0.2) is 13.4 Å². The number of hydrogen-bond acceptors (Lipinski definition) is 6. The summed E-state index contributed by atoms with van der Waals surface area (Å²) in [5.41, 5.74) is 3.50. The van der Waals surface area contributed by atoms with Gasteiger partial charge >= 0.3 is 10.2 Å². The number of hydrogen-bond donors (Lipinski definition) is 1. The van der Waals surface area contributed by atoms with Crippen LogP contribution in [-0.2, 0) is 9.84 Å². The molecule has 0 radical (unpaired) electrons. The van der Waals surface area contributed by atoms with Crippen LogP contribution in [0.3, 0.4) is 0 Å². The fourth-order valence-corrected chi connectivity index (χ4v) is 7.55. The minimum Gasteiger partial charge on any atom is -0.367 e. The zero-order chi connectivity index (χ0) is 29.9. The fourth-order valence-electron chi connectivity index (χ4n) is 5.18. The van der Waals surface area contributed by atoms with E-state index in [-0.39, 0.29) is 28.9 Å². The Bertz CT molecular complexity index is 1700. The summed E-state index contributed by atoms with van der Waals surface area (Å²) < 4.78 is 93.3. The van der Waals surface area contributed by atoms with Gasteiger partial charge in [0.1, 0.15) is 16.5 Å². The molecular formula is C27H30F5N5O2S2. The van der Waals surface area contributed by atoms with Gasteiger partial charge in [0, 0.05) is 18.2 Å². The van der Waals surface area contributed by atoms with Gasteiger partial charge in [-0.1, -0.05) is 45.4 Å². The van der Waals surface area contributed by atoms with Crippen LogP contribution in [-0.4, -0.2) is 39.3 Å². The number of halogens is 5. The predicted octanol–water partition coefficient (Wildman–Crippen LogP) is 8.08. The molecule has 7 nitrogen and oxygen atoms in total. The Morgan fingerprint density at radius 2 is 1.59 bits per heavy atom. The Kier molecular flexibility index (Phi) is 6.69. The Hall–Kier alpha value is -3.26. The molecule has 1 N–H and O–H groups in total. The van der Waals surface area contributed by atoms with Gasteiger partial charge in [-0.15, -0.1) is 10.2 Å². The molecule has 0 unspecified atom stereocenters. The number of fused-ring (bicyclic) bond motifs is 1. The number of aromatic nitrogens is 4. The number of nitrogens with zero attached hydrogens (tertiary/aromatic N) is 4. The molecule has 0 aliphatic heterocycles. The Morgan fingerprint density at radius 1 is 0.927 bits per heavy atom. The summed E-state index contributed by atoms with van der Waals surface area (Å²) in [6.07, 6.45) is 3.62. The SMILES string of the molecule is Cc1cc(-c2ccc(S(=O)(=O)C3CCC(Nc4ccc(S(F)(F)(F)(F)F)cn4)CC3)cc2)cn2c(C(C)C)nnc12. The Morgan fingerprint density at radius 3 is 2.15 bits per heavy atom. The van der Waals surface area contributed by atoms with E-state index in [4.69, 9.17) is 0 Å². The number of pyridine rings is 2. The third-order valence-electron chi connectivity index (χ3n) is 7.39. The molecule has 41 heavy (non-hydrogen) atoms. The van der Waals surface area contributed by atoms with Crippen LogP contribution < -0.4 is 5.32 Å². The standard InChI is InChI=1S/C27H30F5N5O2S2/c1-17(2)26-35-36-27-18(3)14-20(16-37(26)27)19-4-8-22(9-5-19)40(38,39)23-10-6-21(7-11-23)34-25-13-12-24(15-33-25)41(28,29,30,31)32/h4-5,8-9,12-17,21,23H,6-7,10-11H2,1-3H3,(H,33,34). The maximum absolute atomic E-state index is 13.4. The number of nitrogens with one attached hydrogen (secondary N) is 1. The average molecular weight is 616 g/mol. The topological polar surface area (TPSA) is 89.2 Å². The van der Waals surface area contributed by atoms with Crippen molar-refractivity contribution in [1.29, 1.82) is 0 Å². The van der Waals surface area contributed by atoms with Crippen molar-refractivity contribution in [3.05, 3.63) is 66.2 Å². The zero-order valence-electron chi connectivity index (χ0n) is 22.6. The largest absolute Gasteiger partial charge is 0.367 e. The third kappa shape index (κ3) is 6.03. The van der Waals surface area contributed by atoms with Crippen molar-refractivity contribution in [3.8, 4) is 11.1 Å². The molecule has 3 aromatic heterocycles. The normalized spacial score (nSPS) is 20.1. The van der Waals surface area contributed by atoms with Crippen molar-refractivity contribution in [2.75, 3.05) is 5.32 Å². The highest BCUT2D eigenvalue weighted by molar-refractivity contribution is 8.45. The first kappa shape index (κ1) is 29.2. The second-order valence-corrected chi connectivity index (χ2v) is 15.5. The minimum absolute atomic E-state index is 0.0258. The van der Waals surface area contributed by atoms with E-state index in [1.165, 1.54) is 0 Å². The Balaban J connectivity index is 1.25. The van der Waals surface area contributed by atoms with Gasteiger partial charge < -0.3 is 5.32 Å². The van der Waals surface area contributed by atoms with Crippen molar-refractivity contribution in [3.63, 3.8) is 0 Å². The molecule has 0 amide bonds. The monoisotopic (exact) mass is 615 g/mol. The van der Waals surface area contributed by atoms with Crippen LogP contribution in [0.15, 0.2) is 64.6 Å². The molecule has 1 aliphatic carbocycles. The molecule has 1 aromatic carbocycles. The number of anilines is 1. The first-order valence-corrected chi connectivity index (χ1v) is 16.6. The second-order valence-electron chi connectivity index (χ2n) is 10.9. The van der Waals surface area contributed by atoms with Crippen molar-refractivity contribution in [2.24, 2.45) is 0 Å². The summed E-state index contributed by atoms with van der Waals surface area (Å²) in [7, 11) is -13.4. The summed E-state index contributed by atoms with van der Waals surface area (Å²) in [6, 6.07) is 9.69. The van der Waals surface area contributed by atoms with Gasteiger partial charge in [-0.3, -0.25) is 4.40 Å². The van der Waals surface area contributed by atoms with Gasteiger partial charge in [0.25, 0.3) is 0 Å². The van der Waals surface area contributed by atoms with Crippen LogP contribution in [0.4, 0.5) is 25.2 Å². The summed E-state index contributed by atoms with van der Waals surface area (Å²) in [4.78, 5) is 1.67. The van der Waals surface area contributed by atoms with Gasteiger partial charge in [0.05, 0.1) is 16.3 Å². The molecule has 1 saturated carbocycles. The second kappa shape index (κ2) is 9.38. The lowest BCUT2D eigenvalue weighted by Gasteiger charge is -2.40. The van der Waals surface area contributed by atoms with E-state index >= 15 is 0 Å². The molecule has 4 aromatic rings. The van der Waals surface area contributed by atoms with Crippen molar-refractivity contribution in [1.82, 2.24) is 19.6 Å². The van der Waals surface area contributed by atoms with E-state index in [9.17, 15) is 27.8 Å². The maximum Gasteiger partial charge on any atom is 0.311 e. The number of benzene rings is 1. The van der Waals surface area contributed by atoms with Crippen LogP contribution in [0.1, 0.15) is 56.8 Å². The molecule has 5 rings (SSSR count). The molecule has 1 aliphatic rings. The smallest absolute Gasteiger partial charge is 0.311 e. The first-order valence-electron chi connectivity index (χ1n) is 13.1. The number of aryl methyl sites for hydroxylation is 1. The molecule has 14 heteroatoms. The number of rotatable bonds is 7. The van der Waals surface area contributed by atoms with Crippen LogP contribution >= 0.6 is 10.2 Å². The lowest BCUT2D eigenvalue weighted by Crippen LogP contribution is -2.33. The lowest BCUT2D eigenvalue weighted by molar-refractivity contribution is 0.363. The van der Waals surface area contributed by atoms with Crippen molar-refractivity contribution in [2.45, 2.75) is 73.5 Å². The van der Waals surface area contributed by atoms with Crippen LogP contribution in [0.2, 0.25) is 0 Å². The molecule has 0 bridgehead atoms. The molecule has 222 valence electrons. The van der Waals surface area contributed by atoms with Gasteiger partial charge in [0.15, 0.2) is 15.5 Å².